The number of carboxylic acids is 1. The molecule has 0 saturated heterocycles. The zero-order chi connectivity index (χ0) is 14.5. The van der Waals surface area contributed by atoms with Crippen LogP contribution in [0.15, 0.2) is 35.6 Å². The number of imidazole rings is 1. The fourth-order valence-corrected chi connectivity index (χ4v) is 2.59. The van der Waals surface area contributed by atoms with E-state index in [0.717, 1.165) is 17.0 Å². The molecule has 0 unspecified atom stereocenters. The van der Waals surface area contributed by atoms with Crippen LogP contribution in [0.1, 0.15) is 11.3 Å². The Labute approximate surface area is 121 Å². The summed E-state index contributed by atoms with van der Waals surface area (Å²) in [6, 6.07) is 7.79. The Balaban J connectivity index is 2.17. The molecule has 0 spiro atoms. The SMILES string of the molecule is COc1cccc(Cn2cc(C)nc2SCC(=O)O)c1. The topological polar surface area (TPSA) is 64.4 Å². The predicted octanol–water partition coefficient (Wildman–Crippen LogP) is 2.43. The van der Waals surface area contributed by atoms with Crippen molar-refractivity contribution in [2.75, 3.05) is 12.9 Å². The highest BCUT2D eigenvalue weighted by atomic mass is 32.2. The summed E-state index contributed by atoms with van der Waals surface area (Å²) >= 11 is 1.23. The number of hydrogen-bond donors (Lipinski definition) is 1. The van der Waals surface area contributed by atoms with Gasteiger partial charge in [0.05, 0.1) is 18.6 Å². The van der Waals surface area contributed by atoms with E-state index >= 15 is 0 Å². The van der Waals surface area contributed by atoms with Crippen molar-refractivity contribution in [1.29, 1.82) is 0 Å². The molecular formula is C14H16N2O3S. The lowest BCUT2D eigenvalue weighted by Crippen LogP contribution is -2.03. The number of aryl methyl sites for hydroxylation is 1. The largest absolute Gasteiger partial charge is 0.497 e. The number of benzene rings is 1. The Bertz CT molecular complexity index is 610. The van der Waals surface area contributed by atoms with Crippen molar-refractivity contribution in [3.8, 4) is 5.75 Å². The summed E-state index contributed by atoms with van der Waals surface area (Å²) < 4.78 is 7.16. The molecule has 1 aromatic carbocycles. The van der Waals surface area contributed by atoms with Gasteiger partial charge in [0, 0.05) is 12.7 Å². The van der Waals surface area contributed by atoms with Crippen molar-refractivity contribution in [3.05, 3.63) is 41.7 Å². The molecule has 1 heterocycles. The molecule has 20 heavy (non-hydrogen) atoms. The van der Waals surface area contributed by atoms with Crippen LogP contribution in [0.5, 0.6) is 5.75 Å². The van der Waals surface area contributed by atoms with Crippen LogP contribution in [-0.2, 0) is 11.3 Å². The number of aromatic nitrogens is 2. The minimum absolute atomic E-state index is 0.00850. The zero-order valence-corrected chi connectivity index (χ0v) is 12.2. The average Bonchev–Trinajstić information content (AvgIpc) is 2.76. The molecule has 0 aliphatic heterocycles. The van der Waals surface area contributed by atoms with Crippen molar-refractivity contribution >= 4 is 17.7 Å². The summed E-state index contributed by atoms with van der Waals surface area (Å²) in [5.74, 6) is -0.0307. The van der Waals surface area contributed by atoms with Gasteiger partial charge in [0.2, 0.25) is 0 Å². The van der Waals surface area contributed by atoms with Crippen molar-refractivity contribution in [2.24, 2.45) is 0 Å². The van der Waals surface area contributed by atoms with Crippen LogP contribution < -0.4 is 4.74 Å². The molecule has 0 atom stereocenters. The summed E-state index contributed by atoms with van der Waals surface area (Å²) in [7, 11) is 1.63. The third kappa shape index (κ3) is 3.77. The molecule has 0 aliphatic carbocycles. The van der Waals surface area contributed by atoms with Gasteiger partial charge in [0.1, 0.15) is 5.75 Å². The molecule has 6 heteroatoms. The van der Waals surface area contributed by atoms with Gasteiger partial charge in [0.25, 0.3) is 0 Å². The second kappa shape index (κ2) is 6.47. The Morgan fingerprint density at radius 2 is 2.30 bits per heavy atom. The Kier molecular flexibility index (Phi) is 4.68. The summed E-state index contributed by atoms with van der Waals surface area (Å²) in [5, 5.41) is 9.47. The minimum atomic E-state index is -0.844. The smallest absolute Gasteiger partial charge is 0.313 e. The number of carboxylic acid groups (broad SMARTS) is 1. The number of carbonyl (C=O) groups is 1. The number of hydrogen-bond acceptors (Lipinski definition) is 4. The van der Waals surface area contributed by atoms with E-state index in [-0.39, 0.29) is 5.75 Å². The van der Waals surface area contributed by atoms with Crippen LogP contribution in [0.4, 0.5) is 0 Å². The molecule has 0 saturated carbocycles. The molecule has 106 valence electrons. The van der Waals surface area contributed by atoms with Gasteiger partial charge in [-0.05, 0) is 24.6 Å². The fraction of sp³-hybridized carbons (Fsp3) is 0.286. The standard InChI is InChI=1S/C14H16N2O3S/c1-10-7-16(14(15-10)20-9-13(17)18)8-11-4-3-5-12(6-11)19-2/h3-7H,8-9H2,1-2H3,(H,17,18). The molecule has 2 rings (SSSR count). The lowest BCUT2D eigenvalue weighted by atomic mass is 10.2. The molecule has 0 amide bonds. The van der Waals surface area contributed by atoms with Crippen LogP contribution in [0.25, 0.3) is 0 Å². The van der Waals surface area contributed by atoms with E-state index in [0.29, 0.717) is 11.7 Å². The quantitative estimate of drug-likeness (QED) is 0.828. The molecule has 0 aliphatic rings. The van der Waals surface area contributed by atoms with Gasteiger partial charge in [0.15, 0.2) is 5.16 Å². The van der Waals surface area contributed by atoms with Crippen molar-refractivity contribution in [3.63, 3.8) is 0 Å². The molecule has 0 bridgehead atoms. The highest BCUT2D eigenvalue weighted by Gasteiger charge is 2.09. The molecular weight excluding hydrogens is 276 g/mol. The third-order valence-corrected chi connectivity index (χ3v) is 3.65. The first-order valence-corrected chi connectivity index (χ1v) is 7.08. The van der Waals surface area contributed by atoms with Gasteiger partial charge in [-0.2, -0.15) is 0 Å². The minimum Gasteiger partial charge on any atom is -0.497 e. The van der Waals surface area contributed by atoms with E-state index in [2.05, 4.69) is 4.98 Å². The predicted molar refractivity (Wildman–Crippen MR) is 77.4 cm³/mol. The van der Waals surface area contributed by atoms with Gasteiger partial charge in [-0.15, -0.1) is 0 Å². The van der Waals surface area contributed by atoms with Gasteiger partial charge >= 0.3 is 5.97 Å². The van der Waals surface area contributed by atoms with Crippen LogP contribution in [0.2, 0.25) is 0 Å². The van der Waals surface area contributed by atoms with Crippen molar-refractivity contribution < 1.29 is 14.6 Å². The van der Waals surface area contributed by atoms with E-state index in [1.807, 2.05) is 42.0 Å². The van der Waals surface area contributed by atoms with Gasteiger partial charge in [-0.1, -0.05) is 23.9 Å². The van der Waals surface area contributed by atoms with E-state index < -0.39 is 5.97 Å². The lowest BCUT2D eigenvalue weighted by molar-refractivity contribution is -0.133. The monoisotopic (exact) mass is 292 g/mol. The highest BCUT2D eigenvalue weighted by molar-refractivity contribution is 7.99. The lowest BCUT2D eigenvalue weighted by Gasteiger charge is -2.08. The number of nitrogens with zero attached hydrogens (tertiary/aromatic N) is 2. The van der Waals surface area contributed by atoms with E-state index in [9.17, 15) is 4.79 Å². The maximum atomic E-state index is 10.7. The Hall–Kier alpha value is -1.95. The first-order valence-electron chi connectivity index (χ1n) is 6.10. The number of thioether (sulfide) groups is 1. The zero-order valence-electron chi connectivity index (χ0n) is 11.4. The second-order valence-electron chi connectivity index (χ2n) is 4.33. The number of rotatable bonds is 6. The van der Waals surface area contributed by atoms with Crippen LogP contribution in [0.3, 0.4) is 0 Å². The summed E-state index contributed by atoms with van der Waals surface area (Å²) in [6.45, 7) is 2.53. The number of aliphatic carboxylic acids is 1. The Morgan fingerprint density at radius 3 is 3.00 bits per heavy atom. The first-order chi connectivity index (χ1) is 9.58. The maximum absolute atomic E-state index is 10.7. The maximum Gasteiger partial charge on any atom is 0.313 e. The van der Waals surface area contributed by atoms with Crippen molar-refractivity contribution in [1.82, 2.24) is 9.55 Å². The van der Waals surface area contributed by atoms with Crippen LogP contribution in [-0.4, -0.2) is 33.5 Å². The highest BCUT2D eigenvalue weighted by Crippen LogP contribution is 2.20. The summed E-state index contributed by atoms with van der Waals surface area (Å²) in [4.78, 5) is 15.0. The van der Waals surface area contributed by atoms with E-state index in [1.54, 1.807) is 7.11 Å². The van der Waals surface area contributed by atoms with Crippen LogP contribution >= 0.6 is 11.8 Å². The van der Waals surface area contributed by atoms with Gasteiger partial charge in [-0.25, -0.2) is 4.98 Å². The summed E-state index contributed by atoms with van der Waals surface area (Å²) in [5.41, 5.74) is 1.96. The van der Waals surface area contributed by atoms with Crippen molar-refractivity contribution in [2.45, 2.75) is 18.6 Å². The molecule has 1 aromatic heterocycles. The fourth-order valence-electron chi connectivity index (χ4n) is 1.85. The average molecular weight is 292 g/mol. The molecule has 0 radical (unpaired) electrons. The van der Waals surface area contributed by atoms with E-state index in [1.165, 1.54) is 11.8 Å². The van der Waals surface area contributed by atoms with Gasteiger partial charge < -0.3 is 14.4 Å². The molecule has 5 nitrogen and oxygen atoms in total. The molecule has 2 aromatic rings. The summed E-state index contributed by atoms with van der Waals surface area (Å²) in [6.07, 6.45) is 1.92. The molecule has 0 fully saturated rings. The molecule has 1 N–H and O–H groups in total. The third-order valence-electron chi connectivity index (χ3n) is 2.67. The van der Waals surface area contributed by atoms with Crippen LogP contribution in [0, 0.1) is 6.92 Å². The number of ether oxygens (including phenoxy) is 1. The normalized spacial score (nSPS) is 10.5. The first kappa shape index (κ1) is 14.5. The number of methoxy groups -OCH3 is 1. The van der Waals surface area contributed by atoms with Gasteiger partial charge in [-0.3, -0.25) is 4.79 Å². The Morgan fingerprint density at radius 1 is 1.50 bits per heavy atom. The van der Waals surface area contributed by atoms with E-state index in [4.69, 9.17) is 9.84 Å². The second-order valence-corrected chi connectivity index (χ2v) is 5.27.